The second-order valence-electron chi connectivity index (χ2n) is 6.84. The molecule has 8 nitrogen and oxygen atoms in total. The van der Waals surface area contributed by atoms with Crippen molar-refractivity contribution < 1.29 is 18.6 Å². The van der Waals surface area contributed by atoms with Crippen molar-refractivity contribution in [3.8, 4) is 11.4 Å². The Morgan fingerprint density at radius 1 is 1.27 bits per heavy atom. The summed E-state index contributed by atoms with van der Waals surface area (Å²) in [5, 5.41) is 14.8. The summed E-state index contributed by atoms with van der Waals surface area (Å²) >= 11 is 0. The maximum atomic E-state index is 13.5. The fourth-order valence-corrected chi connectivity index (χ4v) is 2.98. The predicted molar refractivity (Wildman–Crippen MR) is 107 cm³/mol. The molecule has 0 aliphatic heterocycles. The lowest BCUT2D eigenvalue weighted by atomic mass is 10.1. The van der Waals surface area contributed by atoms with Crippen molar-refractivity contribution in [1.29, 1.82) is 0 Å². The zero-order valence-corrected chi connectivity index (χ0v) is 16.6. The Morgan fingerprint density at radius 3 is 2.73 bits per heavy atom. The Balaban J connectivity index is 1.74. The van der Waals surface area contributed by atoms with Gasteiger partial charge in [0.2, 0.25) is 11.7 Å². The molecule has 156 valence electrons. The Bertz CT molecular complexity index is 1050. The molecule has 0 saturated heterocycles. The highest BCUT2D eigenvalue weighted by Crippen LogP contribution is 2.22. The first kappa shape index (κ1) is 21.1. The van der Waals surface area contributed by atoms with E-state index < -0.39 is 10.7 Å². The number of carbonyl (C=O) groups is 1. The van der Waals surface area contributed by atoms with Crippen LogP contribution in [-0.4, -0.2) is 38.5 Å². The van der Waals surface area contributed by atoms with Crippen molar-refractivity contribution >= 4 is 11.6 Å². The summed E-state index contributed by atoms with van der Waals surface area (Å²) in [5.41, 5.74) is 0.675. The second kappa shape index (κ2) is 9.25. The van der Waals surface area contributed by atoms with Gasteiger partial charge in [0.05, 0.1) is 4.92 Å². The number of nitrogens with zero attached hydrogens (tertiary/aromatic N) is 4. The van der Waals surface area contributed by atoms with E-state index in [0.717, 1.165) is 6.42 Å². The van der Waals surface area contributed by atoms with Crippen LogP contribution in [0.5, 0.6) is 0 Å². The number of hydrogen-bond donors (Lipinski definition) is 0. The van der Waals surface area contributed by atoms with Crippen LogP contribution in [0.25, 0.3) is 11.4 Å². The molecule has 0 fully saturated rings. The van der Waals surface area contributed by atoms with Crippen LogP contribution in [0.1, 0.15) is 36.5 Å². The van der Waals surface area contributed by atoms with Crippen molar-refractivity contribution in [2.75, 3.05) is 6.54 Å². The zero-order chi connectivity index (χ0) is 21.7. The van der Waals surface area contributed by atoms with Crippen LogP contribution >= 0.6 is 0 Å². The minimum atomic E-state index is -0.494. The Hall–Kier alpha value is -3.62. The van der Waals surface area contributed by atoms with Crippen molar-refractivity contribution in [2.45, 2.75) is 32.7 Å². The zero-order valence-electron chi connectivity index (χ0n) is 16.6. The second-order valence-corrected chi connectivity index (χ2v) is 6.84. The summed E-state index contributed by atoms with van der Waals surface area (Å²) in [6.45, 7) is 4.18. The van der Waals surface area contributed by atoms with Crippen LogP contribution in [0.15, 0.2) is 53.1 Å². The summed E-state index contributed by atoms with van der Waals surface area (Å²) in [5.74, 6) is -0.206. The van der Waals surface area contributed by atoms with Crippen LogP contribution in [0.4, 0.5) is 10.1 Å². The molecule has 1 heterocycles. The minimum absolute atomic E-state index is 0.0671. The quantitative estimate of drug-likeness (QED) is 0.404. The van der Waals surface area contributed by atoms with E-state index in [1.807, 2.05) is 13.8 Å². The summed E-state index contributed by atoms with van der Waals surface area (Å²) in [7, 11) is 0. The standard InChI is InChI=1S/C21H21FN4O4/c1-3-14(2)25(21(27)16-7-4-8-17(22)12-16)11-10-19-23-20(24-30-19)15-6-5-9-18(13-15)26(28)29/h4-9,12-14H,3,10-11H2,1-2H3/t14-/m0/s1. The van der Waals surface area contributed by atoms with Gasteiger partial charge >= 0.3 is 0 Å². The summed E-state index contributed by atoms with van der Waals surface area (Å²) in [6.07, 6.45) is 1.02. The largest absolute Gasteiger partial charge is 0.339 e. The van der Waals surface area contributed by atoms with Crippen LogP contribution in [-0.2, 0) is 6.42 Å². The van der Waals surface area contributed by atoms with Gasteiger partial charge in [-0.2, -0.15) is 4.98 Å². The van der Waals surface area contributed by atoms with E-state index in [4.69, 9.17) is 4.52 Å². The first-order valence-corrected chi connectivity index (χ1v) is 9.53. The van der Waals surface area contributed by atoms with E-state index in [2.05, 4.69) is 10.1 Å². The molecular formula is C21H21FN4O4. The number of amides is 1. The molecule has 0 spiro atoms. The number of carbonyl (C=O) groups excluding carboxylic acids is 1. The molecule has 9 heteroatoms. The highest BCUT2D eigenvalue weighted by atomic mass is 19.1. The van der Waals surface area contributed by atoms with Crippen molar-refractivity contribution in [2.24, 2.45) is 0 Å². The topological polar surface area (TPSA) is 102 Å². The lowest BCUT2D eigenvalue weighted by Crippen LogP contribution is -2.39. The van der Waals surface area contributed by atoms with Gasteiger partial charge in [0, 0.05) is 42.3 Å². The number of non-ortho nitro benzene ring substituents is 1. The number of hydrogen-bond acceptors (Lipinski definition) is 6. The Kier molecular flexibility index (Phi) is 6.51. The van der Waals surface area contributed by atoms with Crippen LogP contribution in [0, 0.1) is 15.9 Å². The van der Waals surface area contributed by atoms with Gasteiger partial charge in [-0.3, -0.25) is 14.9 Å². The number of aromatic nitrogens is 2. The molecule has 0 radical (unpaired) electrons. The van der Waals surface area contributed by atoms with Crippen molar-refractivity contribution in [1.82, 2.24) is 15.0 Å². The van der Waals surface area contributed by atoms with Gasteiger partial charge in [0.25, 0.3) is 11.6 Å². The molecule has 0 unspecified atom stereocenters. The van der Waals surface area contributed by atoms with Gasteiger partial charge in [-0.05, 0) is 31.5 Å². The first-order valence-electron chi connectivity index (χ1n) is 9.53. The molecule has 0 saturated carbocycles. The molecule has 3 rings (SSSR count). The van der Waals surface area contributed by atoms with E-state index >= 15 is 0 Å². The van der Waals surface area contributed by atoms with Gasteiger partial charge in [-0.1, -0.05) is 30.3 Å². The van der Waals surface area contributed by atoms with Crippen LogP contribution in [0.3, 0.4) is 0 Å². The number of rotatable bonds is 8. The highest BCUT2D eigenvalue weighted by molar-refractivity contribution is 5.94. The normalized spacial score (nSPS) is 11.8. The predicted octanol–water partition coefficient (Wildman–Crippen LogP) is 4.27. The monoisotopic (exact) mass is 412 g/mol. The van der Waals surface area contributed by atoms with E-state index in [0.29, 0.717) is 24.4 Å². The number of nitro groups is 1. The summed E-state index contributed by atoms with van der Waals surface area (Å²) in [6, 6.07) is 11.5. The number of halogens is 1. The number of nitro benzene ring substituents is 1. The fraction of sp³-hybridized carbons (Fsp3) is 0.286. The minimum Gasteiger partial charge on any atom is -0.339 e. The molecule has 1 atom stereocenters. The maximum Gasteiger partial charge on any atom is 0.270 e. The Morgan fingerprint density at radius 2 is 2.03 bits per heavy atom. The highest BCUT2D eigenvalue weighted by Gasteiger charge is 2.22. The molecule has 0 bridgehead atoms. The molecule has 1 amide bonds. The smallest absolute Gasteiger partial charge is 0.270 e. The molecule has 0 aliphatic carbocycles. The van der Waals surface area contributed by atoms with Gasteiger partial charge < -0.3 is 9.42 Å². The van der Waals surface area contributed by atoms with E-state index in [9.17, 15) is 19.3 Å². The van der Waals surface area contributed by atoms with Crippen LogP contribution in [0.2, 0.25) is 0 Å². The van der Waals surface area contributed by atoms with E-state index in [1.165, 1.54) is 30.3 Å². The average molecular weight is 412 g/mol. The lowest BCUT2D eigenvalue weighted by Gasteiger charge is -2.28. The van der Waals surface area contributed by atoms with E-state index in [-0.39, 0.29) is 29.0 Å². The van der Waals surface area contributed by atoms with Crippen LogP contribution < -0.4 is 0 Å². The average Bonchev–Trinajstić information content (AvgIpc) is 3.22. The molecule has 2 aromatic carbocycles. The third-order valence-electron chi connectivity index (χ3n) is 4.81. The van der Waals surface area contributed by atoms with Gasteiger partial charge in [0.15, 0.2) is 0 Å². The van der Waals surface area contributed by atoms with Crippen molar-refractivity contribution in [3.63, 3.8) is 0 Å². The van der Waals surface area contributed by atoms with Crippen molar-refractivity contribution in [3.05, 3.63) is 75.9 Å². The summed E-state index contributed by atoms with van der Waals surface area (Å²) < 4.78 is 18.8. The SMILES string of the molecule is CC[C@H](C)N(CCc1nc(-c2cccc([N+](=O)[O-])c2)no1)C(=O)c1cccc(F)c1. The van der Waals surface area contributed by atoms with Gasteiger partial charge in [-0.15, -0.1) is 0 Å². The van der Waals surface area contributed by atoms with Gasteiger partial charge in [0.1, 0.15) is 5.82 Å². The molecule has 1 aromatic heterocycles. The lowest BCUT2D eigenvalue weighted by molar-refractivity contribution is -0.384. The third-order valence-corrected chi connectivity index (χ3v) is 4.81. The maximum absolute atomic E-state index is 13.5. The van der Waals surface area contributed by atoms with E-state index in [1.54, 1.807) is 23.1 Å². The molecule has 30 heavy (non-hydrogen) atoms. The molecule has 0 aliphatic rings. The molecule has 3 aromatic rings. The summed E-state index contributed by atoms with van der Waals surface area (Å²) in [4.78, 5) is 29.3. The molecule has 0 N–H and O–H groups in total. The fourth-order valence-electron chi connectivity index (χ4n) is 2.98. The first-order chi connectivity index (χ1) is 14.4. The molecular weight excluding hydrogens is 391 g/mol. The van der Waals surface area contributed by atoms with Gasteiger partial charge in [-0.25, -0.2) is 4.39 Å². The third kappa shape index (κ3) is 4.86. The Labute approximate surface area is 172 Å². The number of benzene rings is 2.